The van der Waals surface area contributed by atoms with Gasteiger partial charge < -0.3 is 22.1 Å². The molecule has 0 aliphatic rings. The van der Waals surface area contributed by atoms with Crippen LogP contribution in [0, 0.1) is 0 Å². The second-order valence-electron chi connectivity index (χ2n) is 4.27. The maximum atomic E-state index is 11.6. The Bertz CT molecular complexity index is 499. The van der Waals surface area contributed by atoms with Gasteiger partial charge in [0.25, 0.3) is 5.91 Å². The predicted octanol–water partition coefficient (Wildman–Crippen LogP) is -1.13. The minimum atomic E-state index is -0.947. The summed E-state index contributed by atoms with van der Waals surface area (Å²) >= 11 is 0. The molecule has 0 aliphatic heterocycles. The fourth-order valence-electron chi connectivity index (χ4n) is 1.55. The first kappa shape index (κ1) is 15.6. The number of primary amides is 1. The van der Waals surface area contributed by atoms with Crippen LogP contribution in [-0.4, -0.2) is 30.8 Å². The SMILES string of the molecule is CNC(=O)c1ccc(CNC(=O)C(N)CC(N)=O)cc1. The van der Waals surface area contributed by atoms with Crippen LogP contribution >= 0.6 is 0 Å². The van der Waals surface area contributed by atoms with Gasteiger partial charge in [-0.05, 0) is 17.7 Å². The Morgan fingerprint density at radius 2 is 1.80 bits per heavy atom. The molecule has 0 aliphatic carbocycles. The first-order valence-corrected chi connectivity index (χ1v) is 6.06. The van der Waals surface area contributed by atoms with Gasteiger partial charge in [-0.3, -0.25) is 14.4 Å². The summed E-state index contributed by atoms with van der Waals surface area (Å²) in [7, 11) is 1.55. The van der Waals surface area contributed by atoms with E-state index in [0.717, 1.165) is 5.56 Å². The molecule has 0 spiro atoms. The minimum absolute atomic E-state index is 0.177. The van der Waals surface area contributed by atoms with Crippen LogP contribution in [0.2, 0.25) is 0 Å². The van der Waals surface area contributed by atoms with Gasteiger partial charge in [-0.25, -0.2) is 0 Å². The van der Waals surface area contributed by atoms with Crippen LogP contribution in [0.4, 0.5) is 0 Å². The number of hydrogen-bond acceptors (Lipinski definition) is 4. The highest BCUT2D eigenvalue weighted by molar-refractivity contribution is 5.94. The molecule has 0 bridgehead atoms. The van der Waals surface area contributed by atoms with E-state index in [-0.39, 0.29) is 18.9 Å². The molecule has 108 valence electrons. The fourth-order valence-corrected chi connectivity index (χ4v) is 1.55. The van der Waals surface area contributed by atoms with Crippen molar-refractivity contribution in [2.75, 3.05) is 7.05 Å². The fraction of sp³-hybridized carbons (Fsp3) is 0.308. The van der Waals surface area contributed by atoms with E-state index < -0.39 is 17.9 Å². The summed E-state index contributed by atoms with van der Waals surface area (Å²) in [6, 6.07) is 5.82. The van der Waals surface area contributed by atoms with Crippen molar-refractivity contribution in [2.45, 2.75) is 19.0 Å². The first-order valence-electron chi connectivity index (χ1n) is 6.06. The Labute approximate surface area is 116 Å². The lowest BCUT2D eigenvalue weighted by Crippen LogP contribution is -2.42. The second kappa shape index (κ2) is 7.25. The third-order valence-electron chi connectivity index (χ3n) is 2.67. The monoisotopic (exact) mass is 278 g/mol. The van der Waals surface area contributed by atoms with E-state index in [9.17, 15) is 14.4 Å². The zero-order chi connectivity index (χ0) is 15.1. The number of carbonyl (C=O) groups excluding carboxylic acids is 3. The van der Waals surface area contributed by atoms with Gasteiger partial charge in [-0.2, -0.15) is 0 Å². The van der Waals surface area contributed by atoms with Crippen molar-refractivity contribution in [2.24, 2.45) is 11.5 Å². The van der Waals surface area contributed by atoms with Crippen molar-refractivity contribution in [1.29, 1.82) is 0 Å². The number of nitrogens with two attached hydrogens (primary N) is 2. The van der Waals surface area contributed by atoms with Crippen molar-refractivity contribution in [3.8, 4) is 0 Å². The van der Waals surface area contributed by atoms with Gasteiger partial charge in [-0.1, -0.05) is 12.1 Å². The third kappa shape index (κ3) is 4.69. The summed E-state index contributed by atoms with van der Waals surface area (Å²) in [4.78, 5) is 33.5. The van der Waals surface area contributed by atoms with E-state index in [0.29, 0.717) is 5.56 Å². The van der Waals surface area contributed by atoms with E-state index in [1.54, 1.807) is 31.3 Å². The van der Waals surface area contributed by atoms with Gasteiger partial charge >= 0.3 is 0 Å². The van der Waals surface area contributed by atoms with Crippen molar-refractivity contribution in [3.63, 3.8) is 0 Å². The molecule has 20 heavy (non-hydrogen) atoms. The molecule has 0 saturated carbocycles. The zero-order valence-electron chi connectivity index (χ0n) is 11.2. The number of carbonyl (C=O) groups is 3. The molecule has 0 fully saturated rings. The molecular formula is C13H18N4O3. The molecule has 7 nitrogen and oxygen atoms in total. The normalized spacial score (nSPS) is 11.5. The molecule has 0 aromatic heterocycles. The Morgan fingerprint density at radius 1 is 1.20 bits per heavy atom. The molecule has 1 rings (SSSR count). The number of rotatable bonds is 6. The lowest BCUT2D eigenvalue weighted by molar-refractivity contribution is -0.126. The molecule has 0 heterocycles. The zero-order valence-corrected chi connectivity index (χ0v) is 11.2. The van der Waals surface area contributed by atoms with Gasteiger partial charge in [0, 0.05) is 19.2 Å². The van der Waals surface area contributed by atoms with Gasteiger partial charge in [0.05, 0.1) is 12.5 Å². The molecule has 0 saturated heterocycles. The average molecular weight is 278 g/mol. The van der Waals surface area contributed by atoms with Crippen LogP contribution in [0.5, 0.6) is 0 Å². The number of amides is 3. The van der Waals surface area contributed by atoms with E-state index in [4.69, 9.17) is 11.5 Å². The van der Waals surface area contributed by atoms with E-state index >= 15 is 0 Å². The number of nitrogens with one attached hydrogen (secondary N) is 2. The molecule has 1 aromatic carbocycles. The minimum Gasteiger partial charge on any atom is -0.370 e. The summed E-state index contributed by atoms with van der Waals surface area (Å²) in [6.07, 6.45) is -0.193. The summed E-state index contributed by atoms with van der Waals surface area (Å²) in [6.45, 7) is 0.263. The van der Waals surface area contributed by atoms with Crippen molar-refractivity contribution >= 4 is 17.7 Å². The van der Waals surface area contributed by atoms with Crippen molar-refractivity contribution < 1.29 is 14.4 Å². The topological polar surface area (TPSA) is 127 Å². The molecular weight excluding hydrogens is 260 g/mol. The van der Waals surface area contributed by atoms with Gasteiger partial charge in [0.15, 0.2) is 0 Å². The number of hydrogen-bond donors (Lipinski definition) is 4. The average Bonchev–Trinajstić information content (AvgIpc) is 2.43. The van der Waals surface area contributed by atoms with E-state index in [1.807, 2.05) is 0 Å². The summed E-state index contributed by atoms with van der Waals surface area (Å²) < 4.78 is 0. The standard InChI is InChI=1S/C13H18N4O3/c1-16-12(19)9-4-2-8(3-5-9)7-17-13(20)10(14)6-11(15)18/h2-5,10H,6-7,14H2,1H3,(H2,15,18)(H,16,19)(H,17,20). The summed E-state index contributed by atoms with van der Waals surface area (Å²) in [5.41, 5.74) is 11.8. The molecule has 3 amide bonds. The van der Waals surface area contributed by atoms with Gasteiger partial charge in [0.2, 0.25) is 11.8 Å². The van der Waals surface area contributed by atoms with Crippen LogP contribution in [0.25, 0.3) is 0 Å². The molecule has 1 atom stereocenters. The Kier molecular flexibility index (Phi) is 5.67. The second-order valence-corrected chi connectivity index (χ2v) is 4.27. The molecule has 7 heteroatoms. The van der Waals surface area contributed by atoms with Crippen LogP contribution < -0.4 is 22.1 Å². The smallest absolute Gasteiger partial charge is 0.251 e. The van der Waals surface area contributed by atoms with Crippen LogP contribution in [0.15, 0.2) is 24.3 Å². The van der Waals surface area contributed by atoms with Crippen LogP contribution in [-0.2, 0) is 16.1 Å². The maximum absolute atomic E-state index is 11.6. The molecule has 1 unspecified atom stereocenters. The summed E-state index contributed by atoms with van der Waals surface area (Å²) in [5, 5.41) is 5.11. The summed E-state index contributed by atoms with van der Waals surface area (Å²) in [5.74, 6) is -1.24. The van der Waals surface area contributed by atoms with Crippen molar-refractivity contribution in [1.82, 2.24) is 10.6 Å². The number of benzene rings is 1. The lowest BCUT2D eigenvalue weighted by Gasteiger charge is -2.10. The highest BCUT2D eigenvalue weighted by Crippen LogP contribution is 2.04. The lowest BCUT2D eigenvalue weighted by atomic mass is 10.1. The quantitative estimate of drug-likeness (QED) is 0.524. The first-order chi connectivity index (χ1) is 9.43. The molecule has 6 N–H and O–H groups in total. The Morgan fingerprint density at radius 3 is 2.30 bits per heavy atom. The predicted molar refractivity (Wildman–Crippen MR) is 73.5 cm³/mol. The van der Waals surface area contributed by atoms with E-state index in [2.05, 4.69) is 10.6 Å². The Hall–Kier alpha value is -2.41. The molecule has 1 aromatic rings. The van der Waals surface area contributed by atoms with Crippen LogP contribution in [0.3, 0.4) is 0 Å². The van der Waals surface area contributed by atoms with Crippen LogP contribution in [0.1, 0.15) is 22.3 Å². The molecule has 0 radical (unpaired) electrons. The maximum Gasteiger partial charge on any atom is 0.251 e. The van der Waals surface area contributed by atoms with Gasteiger partial charge in [-0.15, -0.1) is 0 Å². The van der Waals surface area contributed by atoms with Crippen molar-refractivity contribution in [3.05, 3.63) is 35.4 Å². The largest absolute Gasteiger partial charge is 0.370 e. The van der Waals surface area contributed by atoms with Gasteiger partial charge in [0.1, 0.15) is 0 Å². The Balaban J connectivity index is 2.51. The van der Waals surface area contributed by atoms with E-state index in [1.165, 1.54) is 0 Å². The highest BCUT2D eigenvalue weighted by Gasteiger charge is 2.15. The third-order valence-corrected chi connectivity index (χ3v) is 2.67. The highest BCUT2D eigenvalue weighted by atomic mass is 16.2.